The molecule has 0 aliphatic rings. The summed E-state index contributed by atoms with van der Waals surface area (Å²) in [6, 6.07) is 0. The molecule has 78 valence electrons. The number of carbonyl (C=O) groups is 1. The molecule has 3 nitrogen and oxygen atoms in total. The maximum atomic E-state index is 11.7. The Labute approximate surface area is 85.4 Å². The number of rotatable bonds is 5. The molecule has 1 N–H and O–H groups in total. The quantitative estimate of drug-likeness (QED) is 0.679. The fourth-order valence-corrected chi connectivity index (χ4v) is 1.07. The Bertz CT molecular complexity index is 171. The van der Waals surface area contributed by atoms with Gasteiger partial charge in [0.05, 0.1) is 5.41 Å². The van der Waals surface area contributed by atoms with Crippen molar-refractivity contribution in [1.29, 1.82) is 0 Å². The predicted molar refractivity (Wildman–Crippen MR) is 56.1 cm³/mol. The maximum Gasteiger partial charge on any atom is 0.229 e. The fourth-order valence-electron chi connectivity index (χ4n) is 0.955. The maximum absolute atomic E-state index is 11.7. The fraction of sp³-hybridized carbons (Fsp3) is 0.889. The highest BCUT2D eigenvalue weighted by atomic mass is 35.5. The normalized spacial score (nSPS) is 11.5. The highest BCUT2D eigenvalue weighted by Gasteiger charge is 2.28. The lowest BCUT2D eigenvalue weighted by atomic mass is 9.94. The van der Waals surface area contributed by atoms with Crippen LogP contribution in [-0.4, -0.2) is 43.9 Å². The average molecular weight is 207 g/mol. The van der Waals surface area contributed by atoms with Gasteiger partial charge >= 0.3 is 0 Å². The van der Waals surface area contributed by atoms with Gasteiger partial charge in [0.2, 0.25) is 5.91 Å². The van der Waals surface area contributed by atoms with Crippen molar-refractivity contribution in [3.05, 3.63) is 0 Å². The van der Waals surface area contributed by atoms with E-state index < -0.39 is 5.41 Å². The molecule has 0 spiro atoms. The van der Waals surface area contributed by atoms with Gasteiger partial charge in [-0.25, -0.2) is 0 Å². The summed E-state index contributed by atoms with van der Waals surface area (Å²) in [5, 5.41) is 3.00. The summed E-state index contributed by atoms with van der Waals surface area (Å²) in [5.41, 5.74) is -0.454. The molecular weight excluding hydrogens is 188 g/mol. The molecule has 0 atom stereocenters. The van der Waals surface area contributed by atoms with Crippen molar-refractivity contribution in [3.63, 3.8) is 0 Å². The molecule has 0 bridgehead atoms. The van der Waals surface area contributed by atoms with E-state index in [1.165, 1.54) is 0 Å². The lowest BCUT2D eigenvalue weighted by Crippen LogP contribution is -2.42. The molecular formula is C9H19ClN2O. The van der Waals surface area contributed by atoms with Gasteiger partial charge in [0.25, 0.3) is 0 Å². The molecule has 0 rings (SSSR count). The van der Waals surface area contributed by atoms with Crippen molar-refractivity contribution in [1.82, 2.24) is 10.2 Å². The van der Waals surface area contributed by atoms with Gasteiger partial charge in [-0.1, -0.05) is 0 Å². The molecule has 0 unspecified atom stereocenters. The van der Waals surface area contributed by atoms with Crippen LogP contribution in [0.15, 0.2) is 0 Å². The van der Waals surface area contributed by atoms with Crippen LogP contribution >= 0.6 is 11.6 Å². The Morgan fingerprint density at radius 1 is 1.54 bits per heavy atom. The van der Waals surface area contributed by atoms with Gasteiger partial charge in [-0.3, -0.25) is 4.79 Å². The lowest BCUT2D eigenvalue weighted by molar-refractivity contribution is -0.137. The number of nitrogens with one attached hydrogen (secondary N) is 1. The standard InChI is InChI=1S/C9H19ClN2O/c1-9(2,7-10)8(13)12(4)6-5-11-3/h11H,5-7H2,1-4H3. The molecule has 0 fully saturated rings. The van der Waals surface area contributed by atoms with Crippen molar-refractivity contribution >= 4 is 17.5 Å². The van der Waals surface area contributed by atoms with E-state index in [1.54, 1.807) is 11.9 Å². The van der Waals surface area contributed by atoms with E-state index in [0.29, 0.717) is 5.88 Å². The summed E-state index contributed by atoms with van der Waals surface area (Å²) in [5.74, 6) is 0.452. The highest BCUT2D eigenvalue weighted by Crippen LogP contribution is 2.19. The number of halogens is 1. The number of likely N-dealkylation sites (N-methyl/N-ethyl adjacent to an activating group) is 2. The first-order valence-electron chi connectivity index (χ1n) is 4.42. The van der Waals surface area contributed by atoms with Crippen molar-refractivity contribution < 1.29 is 4.79 Å². The second-order valence-corrected chi connectivity index (χ2v) is 4.12. The SMILES string of the molecule is CNCCN(C)C(=O)C(C)(C)CCl. The van der Waals surface area contributed by atoms with Crippen molar-refractivity contribution in [2.45, 2.75) is 13.8 Å². The number of nitrogens with zero attached hydrogens (tertiary/aromatic N) is 1. The van der Waals surface area contributed by atoms with Gasteiger partial charge in [0.1, 0.15) is 0 Å². The van der Waals surface area contributed by atoms with Gasteiger partial charge in [0.15, 0.2) is 0 Å². The van der Waals surface area contributed by atoms with E-state index in [0.717, 1.165) is 13.1 Å². The number of amides is 1. The van der Waals surface area contributed by atoms with E-state index in [-0.39, 0.29) is 5.91 Å². The third-order valence-corrected chi connectivity index (χ3v) is 2.63. The van der Waals surface area contributed by atoms with Crippen LogP contribution < -0.4 is 5.32 Å². The van der Waals surface area contributed by atoms with Gasteiger partial charge in [-0.05, 0) is 20.9 Å². The van der Waals surface area contributed by atoms with Gasteiger partial charge in [-0.15, -0.1) is 11.6 Å². The zero-order valence-corrected chi connectivity index (χ0v) is 9.61. The molecule has 0 aromatic heterocycles. The molecule has 0 heterocycles. The molecule has 0 aromatic rings. The van der Waals surface area contributed by atoms with Crippen LogP contribution in [0.5, 0.6) is 0 Å². The van der Waals surface area contributed by atoms with E-state index in [9.17, 15) is 4.79 Å². The second-order valence-electron chi connectivity index (χ2n) is 3.85. The highest BCUT2D eigenvalue weighted by molar-refractivity contribution is 6.19. The monoisotopic (exact) mass is 206 g/mol. The summed E-state index contributed by atoms with van der Waals surface area (Å²) < 4.78 is 0. The number of hydrogen-bond donors (Lipinski definition) is 1. The first-order chi connectivity index (χ1) is 5.95. The van der Waals surface area contributed by atoms with Crippen molar-refractivity contribution in [2.24, 2.45) is 5.41 Å². The van der Waals surface area contributed by atoms with E-state index in [2.05, 4.69) is 5.32 Å². The topological polar surface area (TPSA) is 32.3 Å². The molecule has 4 heteroatoms. The summed E-state index contributed by atoms with van der Waals surface area (Å²) in [4.78, 5) is 13.4. The zero-order valence-electron chi connectivity index (χ0n) is 8.85. The largest absolute Gasteiger partial charge is 0.344 e. The predicted octanol–water partition coefficient (Wildman–Crippen LogP) is 0.929. The Balaban J connectivity index is 4.09. The molecule has 13 heavy (non-hydrogen) atoms. The Kier molecular flexibility index (Phi) is 5.33. The minimum atomic E-state index is -0.454. The smallest absolute Gasteiger partial charge is 0.229 e. The average Bonchev–Trinajstić information content (AvgIpc) is 2.12. The summed E-state index contributed by atoms with van der Waals surface area (Å²) in [6.07, 6.45) is 0. The van der Waals surface area contributed by atoms with E-state index in [1.807, 2.05) is 20.9 Å². The number of hydrogen-bond acceptors (Lipinski definition) is 2. The molecule has 0 saturated carbocycles. The van der Waals surface area contributed by atoms with Crippen LogP contribution in [0.2, 0.25) is 0 Å². The summed E-state index contributed by atoms with van der Waals surface area (Å²) in [6.45, 7) is 5.24. The Morgan fingerprint density at radius 3 is 2.46 bits per heavy atom. The molecule has 0 saturated heterocycles. The van der Waals surface area contributed by atoms with E-state index in [4.69, 9.17) is 11.6 Å². The summed E-state index contributed by atoms with van der Waals surface area (Å²) in [7, 11) is 3.67. The number of alkyl halides is 1. The van der Waals surface area contributed by atoms with Crippen LogP contribution in [0.3, 0.4) is 0 Å². The van der Waals surface area contributed by atoms with Crippen LogP contribution in [0.1, 0.15) is 13.8 Å². The third-order valence-electron chi connectivity index (χ3n) is 1.96. The van der Waals surface area contributed by atoms with Crippen LogP contribution in [0, 0.1) is 5.41 Å². The van der Waals surface area contributed by atoms with Gasteiger partial charge in [0, 0.05) is 26.0 Å². The van der Waals surface area contributed by atoms with Gasteiger partial charge < -0.3 is 10.2 Å². The second kappa shape index (κ2) is 5.45. The Hall–Kier alpha value is -0.280. The molecule has 0 aliphatic carbocycles. The van der Waals surface area contributed by atoms with Crippen molar-refractivity contribution in [3.8, 4) is 0 Å². The molecule has 0 aliphatic heterocycles. The minimum Gasteiger partial charge on any atom is -0.344 e. The summed E-state index contributed by atoms with van der Waals surface area (Å²) >= 11 is 5.70. The van der Waals surface area contributed by atoms with Crippen LogP contribution in [0.25, 0.3) is 0 Å². The molecule has 0 aromatic carbocycles. The molecule has 0 radical (unpaired) electrons. The third kappa shape index (κ3) is 3.96. The van der Waals surface area contributed by atoms with Crippen molar-refractivity contribution in [2.75, 3.05) is 33.1 Å². The lowest BCUT2D eigenvalue weighted by Gasteiger charge is -2.27. The van der Waals surface area contributed by atoms with Crippen LogP contribution in [0.4, 0.5) is 0 Å². The first kappa shape index (κ1) is 12.7. The molecule has 1 amide bonds. The number of carbonyl (C=O) groups excluding carboxylic acids is 1. The minimum absolute atomic E-state index is 0.0951. The Morgan fingerprint density at radius 2 is 2.08 bits per heavy atom. The first-order valence-corrected chi connectivity index (χ1v) is 4.95. The zero-order chi connectivity index (χ0) is 10.5. The van der Waals surface area contributed by atoms with Gasteiger partial charge in [-0.2, -0.15) is 0 Å². The van der Waals surface area contributed by atoms with E-state index >= 15 is 0 Å². The van der Waals surface area contributed by atoms with Crippen LogP contribution in [-0.2, 0) is 4.79 Å².